The smallest absolute Gasteiger partial charge is 0.264 e. The zero-order valence-corrected chi connectivity index (χ0v) is 20.8. The first-order valence-electron chi connectivity index (χ1n) is 10.8. The third-order valence-corrected chi connectivity index (χ3v) is 7.47. The average Bonchev–Trinajstić information content (AvgIpc) is 2.84. The number of aryl methyl sites for hydroxylation is 2. The van der Waals surface area contributed by atoms with Crippen molar-refractivity contribution >= 4 is 21.6 Å². The normalized spacial score (nSPS) is 12.0. The second-order valence-corrected chi connectivity index (χ2v) is 9.86. The topological polar surface area (TPSA) is 84.9 Å². The van der Waals surface area contributed by atoms with Crippen LogP contribution in [0.1, 0.15) is 29.7 Å². The molecule has 0 aliphatic carbocycles. The first-order chi connectivity index (χ1) is 16.2. The van der Waals surface area contributed by atoms with Crippen LogP contribution in [-0.2, 0) is 14.8 Å². The van der Waals surface area contributed by atoms with E-state index in [4.69, 9.17) is 9.47 Å². The lowest BCUT2D eigenvalue weighted by atomic mass is 10.1. The van der Waals surface area contributed by atoms with Gasteiger partial charge in [-0.1, -0.05) is 30.3 Å². The van der Waals surface area contributed by atoms with Crippen LogP contribution in [0, 0.1) is 13.8 Å². The molecule has 0 aliphatic rings. The van der Waals surface area contributed by atoms with Gasteiger partial charge in [-0.05, 0) is 73.9 Å². The quantitative estimate of drug-likeness (QED) is 0.489. The number of benzene rings is 3. The highest BCUT2D eigenvalue weighted by Gasteiger charge is 2.28. The van der Waals surface area contributed by atoms with Gasteiger partial charge >= 0.3 is 0 Å². The molecule has 0 saturated carbocycles. The molecule has 0 fully saturated rings. The largest absolute Gasteiger partial charge is 0.493 e. The Morgan fingerprint density at radius 1 is 0.912 bits per heavy atom. The van der Waals surface area contributed by atoms with Gasteiger partial charge in [-0.25, -0.2) is 8.42 Å². The Bertz CT molecular complexity index is 1260. The van der Waals surface area contributed by atoms with Crippen LogP contribution in [0.25, 0.3) is 0 Å². The van der Waals surface area contributed by atoms with Crippen LogP contribution in [0.3, 0.4) is 0 Å². The first kappa shape index (κ1) is 25.1. The lowest BCUT2D eigenvalue weighted by Crippen LogP contribution is -2.41. The Labute approximate surface area is 201 Å². The van der Waals surface area contributed by atoms with E-state index in [2.05, 4.69) is 5.32 Å². The summed E-state index contributed by atoms with van der Waals surface area (Å²) >= 11 is 0. The van der Waals surface area contributed by atoms with Crippen LogP contribution >= 0.6 is 0 Å². The van der Waals surface area contributed by atoms with Crippen molar-refractivity contribution in [3.8, 4) is 11.5 Å². The number of nitrogens with one attached hydrogen (secondary N) is 1. The molecule has 0 aromatic heterocycles. The van der Waals surface area contributed by atoms with Crippen LogP contribution in [0.5, 0.6) is 11.5 Å². The van der Waals surface area contributed by atoms with Crippen molar-refractivity contribution in [2.75, 3.05) is 25.1 Å². The molecule has 180 valence electrons. The monoisotopic (exact) mass is 482 g/mol. The van der Waals surface area contributed by atoms with E-state index in [9.17, 15) is 13.2 Å². The maximum absolute atomic E-state index is 13.5. The molecule has 1 N–H and O–H groups in total. The maximum atomic E-state index is 13.5. The lowest BCUT2D eigenvalue weighted by molar-refractivity contribution is -0.120. The van der Waals surface area contributed by atoms with Gasteiger partial charge in [-0.3, -0.25) is 9.10 Å². The molecule has 0 heterocycles. The maximum Gasteiger partial charge on any atom is 0.264 e. The van der Waals surface area contributed by atoms with Gasteiger partial charge in [0.15, 0.2) is 11.5 Å². The molecule has 1 atom stereocenters. The number of rotatable bonds is 9. The van der Waals surface area contributed by atoms with Gasteiger partial charge in [0, 0.05) is 0 Å². The molecule has 8 heteroatoms. The fourth-order valence-electron chi connectivity index (χ4n) is 3.54. The summed E-state index contributed by atoms with van der Waals surface area (Å²) in [6.45, 7) is 5.32. The summed E-state index contributed by atoms with van der Waals surface area (Å²) in [5, 5.41) is 2.89. The minimum Gasteiger partial charge on any atom is -0.493 e. The Balaban J connectivity index is 1.89. The van der Waals surface area contributed by atoms with Crippen molar-refractivity contribution in [3.05, 3.63) is 83.4 Å². The number of anilines is 1. The van der Waals surface area contributed by atoms with Crippen LogP contribution in [0.2, 0.25) is 0 Å². The van der Waals surface area contributed by atoms with Crippen molar-refractivity contribution in [1.82, 2.24) is 5.32 Å². The van der Waals surface area contributed by atoms with E-state index in [1.165, 1.54) is 12.1 Å². The van der Waals surface area contributed by atoms with E-state index in [0.29, 0.717) is 17.2 Å². The van der Waals surface area contributed by atoms with Crippen LogP contribution in [0.4, 0.5) is 5.69 Å². The number of sulfonamides is 1. The Morgan fingerprint density at radius 2 is 1.59 bits per heavy atom. The molecule has 0 aliphatic heterocycles. The van der Waals surface area contributed by atoms with E-state index in [0.717, 1.165) is 21.0 Å². The number of ether oxygens (including phenoxy) is 2. The molecule has 7 nitrogen and oxygen atoms in total. The van der Waals surface area contributed by atoms with Gasteiger partial charge in [-0.15, -0.1) is 0 Å². The minimum atomic E-state index is -3.96. The number of carbonyl (C=O) groups excluding carboxylic acids is 1. The summed E-state index contributed by atoms with van der Waals surface area (Å²) in [5.41, 5.74) is 3.20. The van der Waals surface area contributed by atoms with Crippen molar-refractivity contribution in [3.63, 3.8) is 0 Å². The number of amides is 1. The fourth-order valence-corrected chi connectivity index (χ4v) is 4.97. The molecule has 0 saturated heterocycles. The first-order valence-corrected chi connectivity index (χ1v) is 12.3. The van der Waals surface area contributed by atoms with Gasteiger partial charge in [0.1, 0.15) is 6.54 Å². The van der Waals surface area contributed by atoms with Crippen LogP contribution in [0.15, 0.2) is 71.6 Å². The van der Waals surface area contributed by atoms with Crippen molar-refractivity contribution in [2.24, 2.45) is 0 Å². The molecular weight excluding hydrogens is 452 g/mol. The van der Waals surface area contributed by atoms with Gasteiger partial charge in [0.25, 0.3) is 10.0 Å². The van der Waals surface area contributed by atoms with Crippen LogP contribution < -0.4 is 19.1 Å². The van der Waals surface area contributed by atoms with Gasteiger partial charge in [-0.2, -0.15) is 0 Å². The predicted molar refractivity (Wildman–Crippen MR) is 133 cm³/mol. The summed E-state index contributed by atoms with van der Waals surface area (Å²) in [6, 6.07) is 18.4. The average molecular weight is 483 g/mol. The van der Waals surface area contributed by atoms with E-state index >= 15 is 0 Å². The molecule has 3 aromatic rings. The Morgan fingerprint density at radius 3 is 2.21 bits per heavy atom. The second-order valence-electron chi connectivity index (χ2n) is 8.00. The highest BCUT2D eigenvalue weighted by atomic mass is 32.2. The lowest BCUT2D eigenvalue weighted by Gasteiger charge is -2.26. The molecule has 1 amide bonds. The van der Waals surface area contributed by atoms with Crippen LogP contribution in [-0.4, -0.2) is 35.1 Å². The zero-order chi connectivity index (χ0) is 24.9. The number of carbonyl (C=O) groups is 1. The number of hydrogen-bond acceptors (Lipinski definition) is 5. The summed E-state index contributed by atoms with van der Waals surface area (Å²) in [7, 11) is -0.868. The molecule has 0 radical (unpaired) electrons. The summed E-state index contributed by atoms with van der Waals surface area (Å²) < 4.78 is 38.7. The molecule has 34 heavy (non-hydrogen) atoms. The molecule has 0 unspecified atom stereocenters. The third kappa shape index (κ3) is 5.51. The van der Waals surface area contributed by atoms with Crippen molar-refractivity contribution < 1.29 is 22.7 Å². The molecule has 3 rings (SSSR count). The Kier molecular flexibility index (Phi) is 7.83. The summed E-state index contributed by atoms with van der Waals surface area (Å²) in [6.07, 6.45) is 0. The SMILES string of the molecule is COc1ccc([C@@H](C)NC(=O)CN(c2ccc(C)c(C)c2)S(=O)(=O)c2ccccc2)cc1OC. The molecule has 0 spiro atoms. The van der Waals surface area contributed by atoms with Gasteiger partial charge in [0.05, 0.1) is 30.8 Å². The zero-order valence-electron chi connectivity index (χ0n) is 20.0. The number of hydrogen-bond donors (Lipinski definition) is 1. The molecule has 3 aromatic carbocycles. The minimum absolute atomic E-state index is 0.119. The molecule has 0 bridgehead atoms. The van der Waals surface area contributed by atoms with Gasteiger partial charge in [0.2, 0.25) is 5.91 Å². The highest BCUT2D eigenvalue weighted by Crippen LogP contribution is 2.30. The standard InChI is InChI=1S/C26H30N2O5S/c1-18-11-13-22(15-19(18)2)28(34(30,31)23-9-7-6-8-10-23)17-26(29)27-20(3)21-12-14-24(32-4)25(16-21)33-5/h6-16,20H,17H2,1-5H3,(H,27,29)/t20-/m1/s1. The highest BCUT2D eigenvalue weighted by molar-refractivity contribution is 7.92. The third-order valence-electron chi connectivity index (χ3n) is 5.68. The number of nitrogens with zero attached hydrogens (tertiary/aromatic N) is 1. The number of methoxy groups -OCH3 is 2. The predicted octanol–water partition coefficient (Wildman–Crippen LogP) is 4.39. The van der Waals surface area contributed by atoms with E-state index in [1.54, 1.807) is 56.7 Å². The van der Waals surface area contributed by atoms with Crippen molar-refractivity contribution in [1.29, 1.82) is 0 Å². The van der Waals surface area contributed by atoms with Crippen molar-refractivity contribution in [2.45, 2.75) is 31.7 Å². The fraction of sp³-hybridized carbons (Fsp3) is 0.269. The summed E-state index contributed by atoms with van der Waals surface area (Å²) in [4.78, 5) is 13.2. The van der Waals surface area contributed by atoms with E-state index < -0.39 is 15.9 Å². The second kappa shape index (κ2) is 10.6. The van der Waals surface area contributed by atoms with Gasteiger partial charge < -0.3 is 14.8 Å². The van der Waals surface area contributed by atoms with E-state index in [1.807, 2.05) is 32.9 Å². The Hall–Kier alpha value is -3.52. The summed E-state index contributed by atoms with van der Waals surface area (Å²) in [5.74, 6) is 0.698. The molecular formula is C26H30N2O5S. The van der Waals surface area contributed by atoms with E-state index in [-0.39, 0.29) is 17.5 Å².